The first-order valence-corrected chi connectivity index (χ1v) is 4.44. The standard InChI is InChI=1S/C10H11ClO2/c1-3-9(12)7-5-4-6-8(11)10(7)13-2/h4-6H,3H2,1-2H3. The number of para-hydroxylation sites is 1. The molecule has 0 spiro atoms. The van der Waals surface area contributed by atoms with E-state index in [2.05, 4.69) is 0 Å². The lowest BCUT2D eigenvalue weighted by Gasteiger charge is -2.07. The summed E-state index contributed by atoms with van der Waals surface area (Å²) in [5.41, 5.74) is 0.553. The number of Topliss-reactive ketones (excluding diaryl/α,β-unsaturated/α-hetero) is 1. The molecule has 0 aromatic heterocycles. The minimum Gasteiger partial charge on any atom is -0.494 e. The number of carbonyl (C=O) groups is 1. The molecule has 0 aliphatic heterocycles. The van der Waals surface area contributed by atoms with Gasteiger partial charge in [-0.2, -0.15) is 0 Å². The molecule has 1 rings (SSSR count). The van der Waals surface area contributed by atoms with E-state index in [1.165, 1.54) is 7.11 Å². The number of benzene rings is 1. The molecule has 13 heavy (non-hydrogen) atoms. The van der Waals surface area contributed by atoms with Crippen LogP contribution < -0.4 is 4.74 Å². The molecule has 1 aromatic rings. The molecule has 0 unspecified atom stereocenters. The number of carbonyl (C=O) groups excluding carboxylic acids is 1. The molecule has 0 fully saturated rings. The van der Waals surface area contributed by atoms with E-state index in [0.29, 0.717) is 22.8 Å². The van der Waals surface area contributed by atoms with Crippen LogP contribution in [-0.4, -0.2) is 12.9 Å². The van der Waals surface area contributed by atoms with Gasteiger partial charge in [0.1, 0.15) is 5.75 Å². The lowest BCUT2D eigenvalue weighted by Crippen LogP contribution is -2.00. The van der Waals surface area contributed by atoms with Crippen LogP contribution in [-0.2, 0) is 0 Å². The number of rotatable bonds is 3. The fourth-order valence-electron chi connectivity index (χ4n) is 1.13. The van der Waals surface area contributed by atoms with Crippen molar-refractivity contribution in [2.24, 2.45) is 0 Å². The molecular formula is C10H11ClO2. The van der Waals surface area contributed by atoms with E-state index < -0.39 is 0 Å². The highest BCUT2D eigenvalue weighted by molar-refractivity contribution is 6.32. The van der Waals surface area contributed by atoms with Crippen LogP contribution in [0.4, 0.5) is 0 Å². The zero-order chi connectivity index (χ0) is 9.84. The summed E-state index contributed by atoms with van der Waals surface area (Å²) in [5.74, 6) is 0.510. The minimum atomic E-state index is 0.0411. The van der Waals surface area contributed by atoms with E-state index in [4.69, 9.17) is 16.3 Å². The van der Waals surface area contributed by atoms with Crippen molar-refractivity contribution in [3.63, 3.8) is 0 Å². The Kier molecular flexibility index (Phi) is 3.32. The lowest BCUT2D eigenvalue weighted by atomic mass is 10.1. The Balaban J connectivity index is 3.20. The Morgan fingerprint density at radius 3 is 2.77 bits per heavy atom. The SMILES string of the molecule is CCC(=O)c1cccc(Cl)c1OC. The summed E-state index contributed by atoms with van der Waals surface area (Å²) < 4.78 is 5.05. The Hall–Kier alpha value is -1.02. The van der Waals surface area contributed by atoms with Gasteiger partial charge in [0.15, 0.2) is 5.78 Å². The Labute approximate surface area is 82.5 Å². The van der Waals surface area contributed by atoms with Gasteiger partial charge in [-0.05, 0) is 12.1 Å². The highest BCUT2D eigenvalue weighted by atomic mass is 35.5. The summed E-state index contributed by atoms with van der Waals surface area (Å²) in [6, 6.07) is 5.16. The van der Waals surface area contributed by atoms with Crippen molar-refractivity contribution in [2.75, 3.05) is 7.11 Å². The fraction of sp³-hybridized carbons (Fsp3) is 0.300. The molecule has 2 nitrogen and oxygen atoms in total. The van der Waals surface area contributed by atoms with Crippen molar-refractivity contribution in [1.82, 2.24) is 0 Å². The predicted molar refractivity (Wildman–Crippen MR) is 52.6 cm³/mol. The molecule has 0 N–H and O–H groups in total. The van der Waals surface area contributed by atoms with E-state index in [1.54, 1.807) is 18.2 Å². The van der Waals surface area contributed by atoms with Gasteiger partial charge in [0.25, 0.3) is 0 Å². The van der Waals surface area contributed by atoms with Gasteiger partial charge in [0.05, 0.1) is 17.7 Å². The van der Waals surface area contributed by atoms with Crippen molar-refractivity contribution in [1.29, 1.82) is 0 Å². The maximum atomic E-state index is 11.4. The second-order valence-electron chi connectivity index (χ2n) is 2.60. The molecule has 0 aliphatic rings. The molecule has 70 valence electrons. The van der Waals surface area contributed by atoms with Gasteiger partial charge >= 0.3 is 0 Å². The predicted octanol–water partition coefficient (Wildman–Crippen LogP) is 2.94. The topological polar surface area (TPSA) is 26.3 Å². The van der Waals surface area contributed by atoms with Crippen LogP contribution in [0.2, 0.25) is 5.02 Å². The molecule has 0 aliphatic carbocycles. The van der Waals surface area contributed by atoms with Crippen LogP contribution in [0, 0.1) is 0 Å². The second kappa shape index (κ2) is 4.28. The minimum absolute atomic E-state index is 0.0411. The van der Waals surface area contributed by atoms with Gasteiger partial charge in [0.2, 0.25) is 0 Å². The summed E-state index contributed by atoms with van der Waals surface area (Å²) in [6.07, 6.45) is 0.455. The van der Waals surface area contributed by atoms with Crippen LogP contribution in [0.3, 0.4) is 0 Å². The van der Waals surface area contributed by atoms with Crippen LogP contribution in [0.15, 0.2) is 18.2 Å². The van der Waals surface area contributed by atoms with Crippen LogP contribution in [0.1, 0.15) is 23.7 Å². The Bertz CT molecular complexity index is 321. The maximum absolute atomic E-state index is 11.4. The molecular weight excluding hydrogens is 188 g/mol. The van der Waals surface area contributed by atoms with Crippen molar-refractivity contribution >= 4 is 17.4 Å². The molecule has 0 atom stereocenters. The third-order valence-corrected chi connectivity index (χ3v) is 2.09. The largest absolute Gasteiger partial charge is 0.494 e. The molecule has 0 saturated heterocycles. The normalized spacial score (nSPS) is 9.77. The number of halogens is 1. The molecule has 3 heteroatoms. The van der Waals surface area contributed by atoms with E-state index in [0.717, 1.165) is 0 Å². The third-order valence-electron chi connectivity index (χ3n) is 1.79. The van der Waals surface area contributed by atoms with Crippen molar-refractivity contribution in [3.05, 3.63) is 28.8 Å². The summed E-state index contributed by atoms with van der Waals surface area (Å²) in [5, 5.41) is 0.474. The average Bonchev–Trinajstić information content (AvgIpc) is 2.16. The van der Waals surface area contributed by atoms with Crippen molar-refractivity contribution < 1.29 is 9.53 Å². The van der Waals surface area contributed by atoms with Crippen molar-refractivity contribution in [3.8, 4) is 5.75 Å². The van der Waals surface area contributed by atoms with Gasteiger partial charge in [-0.25, -0.2) is 0 Å². The van der Waals surface area contributed by atoms with Gasteiger partial charge in [0, 0.05) is 6.42 Å². The quantitative estimate of drug-likeness (QED) is 0.698. The summed E-state index contributed by atoms with van der Waals surface area (Å²) in [4.78, 5) is 11.4. The number of hydrogen-bond donors (Lipinski definition) is 0. The summed E-state index contributed by atoms with van der Waals surface area (Å²) >= 11 is 5.85. The maximum Gasteiger partial charge on any atom is 0.166 e. The average molecular weight is 199 g/mol. The summed E-state index contributed by atoms with van der Waals surface area (Å²) in [6.45, 7) is 1.81. The van der Waals surface area contributed by atoms with Crippen LogP contribution in [0.25, 0.3) is 0 Å². The van der Waals surface area contributed by atoms with Gasteiger partial charge in [-0.1, -0.05) is 24.6 Å². The van der Waals surface area contributed by atoms with E-state index in [1.807, 2.05) is 6.92 Å². The van der Waals surface area contributed by atoms with Crippen LogP contribution >= 0.6 is 11.6 Å². The highest BCUT2D eigenvalue weighted by Crippen LogP contribution is 2.28. The monoisotopic (exact) mass is 198 g/mol. The van der Waals surface area contributed by atoms with Gasteiger partial charge in [-0.3, -0.25) is 4.79 Å². The molecule has 0 saturated carbocycles. The number of methoxy groups -OCH3 is 1. The summed E-state index contributed by atoms with van der Waals surface area (Å²) in [7, 11) is 1.51. The van der Waals surface area contributed by atoms with Crippen LogP contribution in [0.5, 0.6) is 5.75 Å². The number of hydrogen-bond acceptors (Lipinski definition) is 2. The zero-order valence-corrected chi connectivity index (χ0v) is 8.39. The molecule has 0 radical (unpaired) electrons. The number of ether oxygens (including phenoxy) is 1. The van der Waals surface area contributed by atoms with E-state index >= 15 is 0 Å². The smallest absolute Gasteiger partial charge is 0.166 e. The second-order valence-corrected chi connectivity index (χ2v) is 3.00. The molecule has 0 heterocycles. The molecule has 1 aromatic carbocycles. The first-order valence-electron chi connectivity index (χ1n) is 4.06. The number of ketones is 1. The van der Waals surface area contributed by atoms with Gasteiger partial charge in [-0.15, -0.1) is 0 Å². The van der Waals surface area contributed by atoms with Crippen molar-refractivity contribution in [2.45, 2.75) is 13.3 Å². The fourth-order valence-corrected chi connectivity index (χ4v) is 1.38. The van der Waals surface area contributed by atoms with E-state index in [9.17, 15) is 4.79 Å². The molecule has 0 amide bonds. The van der Waals surface area contributed by atoms with E-state index in [-0.39, 0.29) is 5.78 Å². The third kappa shape index (κ3) is 2.01. The lowest BCUT2D eigenvalue weighted by molar-refractivity contribution is 0.0985. The first-order chi connectivity index (χ1) is 6.20. The Morgan fingerprint density at radius 2 is 2.23 bits per heavy atom. The highest BCUT2D eigenvalue weighted by Gasteiger charge is 2.12. The first kappa shape index (κ1) is 10.1. The van der Waals surface area contributed by atoms with Gasteiger partial charge < -0.3 is 4.74 Å². The molecule has 0 bridgehead atoms. The Morgan fingerprint density at radius 1 is 1.54 bits per heavy atom. The zero-order valence-electron chi connectivity index (χ0n) is 7.63.